The van der Waals surface area contributed by atoms with Crippen LogP contribution in [0.15, 0.2) is 29.2 Å². The number of halogens is 1. The zero-order valence-electron chi connectivity index (χ0n) is 10.3. The van der Waals surface area contributed by atoms with Crippen LogP contribution in [0.2, 0.25) is 5.02 Å². The Bertz CT molecular complexity index is 402. The predicted octanol–water partition coefficient (Wildman–Crippen LogP) is 3.67. The van der Waals surface area contributed by atoms with Crippen LogP contribution in [0.4, 0.5) is 0 Å². The molecule has 0 saturated heterocycles. The lowest BCUT2D eigenvalue weighted by Gasteiger charge is -2.18. The molecule has 18 heavy (non-hydrogen) atoms. The first-order chi connectivity index (χ1) is 8.50. The predicted molar refractivity (Wildman–Crippen MR) is 73.6 cm³/mol. The van der Waals surface area contributed by atoms with E-state index in [2.05, 4.69) is 0 Å². The molecule has 0 N–H and O–H groups in total. The molecule has 1 atom stereocenters. The first-order valence-corrected chi connectivity index (χ1v) is 8.95. The first-order valence-electron chi connectivity index (χ1n) is 5.53. The van der Waals surface area contributed by atoms with Crippen LogP contribution in [-0.2, 0) is 24.8 Å². The van der Waals surface area contributed by atoms with Crippen molar-refractivity contribution in [2.75, 3.05) is 18.7 Å². The summed E-state index contributed by atoms with van der Waals surface area (Å²) in [6, 6.07) is 6.56. The lowest BCUT2D eigenvalue weighted by atomic mass is 10.4. The van der Waals surface area contributed by atoms with Crippen molar-refractivity contribution in [2.45, 2.75) is 18.7 Å². The highest BCUT2D eigenvalue weighted by atomic mass is 35.5. The van der Waals surface area contributed by atoms with E-state index < -0.39 is 18.8 Å². The molecule has 102 valence electrons. The number of hydrogen-bond donors (Lipinski definition) is 0. The van der Waals surface area contributed by atoms with Gasteiger partial charge in [0.2, 0.25) is 5.49 Å². The van der Waals surface area contributed by atoms with E-state index in [9.17, 15) is 9.12 Å². The van der Waals surface area contributed by atoms with E-state index in [1.54, 1.807) is 38.1 Å². The topological polar surface area (TPSA) is 58.6 Å². The summed E-state index contributed by atoms with van der Waals surface area (Å²) >= 11 is 4.31. The van der Waals surface area contributed by atoms with Gasteiger partial charge in [0.15, 0.2) is 4.90 Å². The maximum atomic E-state index is 12.2. The normalized spacial score (nSPS) is 13.6. The zero-order chi connectivity index (χ0) is 13.6. The summed E-state index contributed by atoms with van der Waals surface area (Å²) in [5, 5.41) is 0.563. The molecule has 0 aromatic heterocycles. The molecular formula is C11H16ClO4PS. The van der Waals surface area contributed by atoms with Crippen molar-refractivity contribution in [3.8, 4) is 0 Å². The molecule has 0 unspecified atom stereocenters. The summed E-state index contributed by atoms with van der Waals surface area (Å²) in [4.78, 5) is 0.555. The first kappa shape index (κ1) is 16.0. The van der Waals surface area contributed by atoms with Gasteiger partial charge < -0.3 is 13.6 Å². The standard InChI is InChI=1S/C11H16ClO4PS/c1-3-15-17(13,16-4-2)9-18(14)11-7-5-10(12)6-8-11/h5-8H,3-4,9H2,1-2H3/t18-/m1/s1. The van der Waals surface area contributed by atoms with E-state index >= 15 is 0 Å². The Labute approximate surface area is 115 Å². The van der Waals surface area contributed by atoms with Crippen LogP contribution in [0, 0.1) is 0 Å². The third kappa shape index (κ3) is 4.92. The van der Waals surface area contributed by atoms with Crippen molar-refractivity contribution in [1.82, 2.24) is 0 Å². The number of rotatable bonds is 7. The van der Waals surface area contributed by atoms with Crippen LogP contribution in [0.5, 0.6) is 0 Å². The van der Waals surface area contributed by atoms with Crippen molar-refractivity contribution in [3.63, 3.8) is 0 Å². The highest BCUT2D eigenvalue weighted by Gasteiger charge is 2.31. The third-order valence-electron chi connectivity index (χ3n) is 2.00. The third-order valence-corrected chi connectivity index (χ3v) is 6.56. The van der Waals surface area contributed by atoms with E-state index in [0.29, 0.717) is 9.92 Å². The average Bonchev–Trinajstić information content (AvgIpc) is 2.30. The summed E-state index contributed by atoms with van der Waals surface area (Å²) in [7, 11) is -3.29. The Morgan fingerprint density at radius 3 is 2.17 bits per heavy atom. The van der Waals surface area contributed by atoms with Crippen LogP contribution in [-0.4, -0.2) is 23.3 Å². The lowest BCUT2D eigenvalue weighted by molar-refractivity contribution is 0.223. The molecule has 0 spiro atoms. The summed E-state index contributed by atoms with van der Waals surface area (Å²) in [6.45, 7) is 3.96. The average molecular weight is 311 g/mol. The van der Waals surface area contributed by atoms with Gasteiger partial charge in [-0.05, 0) is 49.3 Å². The van der Waals surface area contributed by atoms with Gasteiger partial charge in [-0.15, -0.1) is 0 Å². The molecule has 1 rings (SSSR count). The lowest BCUT2D eigenvalue weighted by Crippen LogP contribution is -2.11. The minimum atomic E-state index is -3.29. The molecule has 0 fully saturated rings. The molecule has 0 aliphatic heterocycles. The van der Waals surface area contributed by atoms with Crippen molar-refractivity contribution in [1.29, 1.82) is 0 Å². The second-order valence-corrected chi connectivity index (χ2v) is 7.74. The second-order valence-electron chi connectivity index (χ2n) is 3.37. The van der Waals surface area contributed by atoms with E-state index in [-0.39, 0.29) is 18.7 Å². The highest BCUT2D eigenvalue weighted by Crippen LogP contribution is 2.50. The highest BCUT2D eigenvalue weighted by molar-refractivity contribution is 7.97. The van der Waals surface area contributed by atoms with Gasteiger partial charge in [-0.2, -0.15) is 0 Å². The summed E-state index contributed by atoms with van der Waals surface area (Å²) in [5.41, 5.74) is -0.143. The minimum Gasteiger partial charge on any atom is -0.611 e. The van der Waals surface area contributed by atoms with Crippen molar-refractivity contribution in [2.24, 2.45) is 0 Å². The molecule has 1 aromatic rings. The van der Waals surface area contributed by atoms with Gasteiger partial charge in [0.1, 0.15) is 0 Å². The SMILES string of the molecule is CCOP(=O)(C[S@@+]([O-])c1ccc(Cl)cc1)OCC. The fraction of sp³-hybridized carbons (Fsp3) is 0.455. The van der Waals surface area contributed by atoms with Gasteiger partial charge in [-0.3, -0.25) is 4.57 Å². The minimum absolute atomic E-state index is 0.143. The molecule has 4 nitrogen and oxygen atoms in total. The molecule has 0 saturated carbocycles. The van der Waals surface area contributed by atoms with Crippen molar-refractivity contribution in [3.05, 3.63) is 29.3 Å². The zero-order valence-corrected chi connectivity index (χ0v) is 12.8. The summed E-state index contributed by atoms with van der Waals surface area (Å²) < 4.78 is 34.5. The van der Waals surface area contributed by atoms with E-state index in [1.165, 1.54) is 0 Å². The van der Waals surface area contributed by atoms with Crippen LogP contribution in [0.1, 0.15) is 13.8 Å². The van der Waals surface area contributed by atoms with Gasteiger partial charge >= 0.3 is 7.60 Å². The molecule has 0 aliphatic rings. The molecule has 0 radical (unpaired) electrons. The summed E-state index contributed by atoms with van der Waals surface area (Å²) in [5.74, 6) is 0. The quantitative estimate of drug-likeness (QED) is 0.569. The van der Waals surface area contributed by atoms with Gasteiger partial charge in [-0.25, -0.2) is 0 Å². The van der Waals surface area contributed by atoms with E-state index in [0.717, 1.165) is 0 Å². The van der Waals surface area contributed by atoms with E-state index in [1.807, 2.05) is 0 Å². The largest absolute Gasteiger partial charge is 0.611 e. The molecule has 1 aromatic carbocycles. The fourth-order valence-electron chi connectivity index (χ4n) is 1.31. The monoisotopic (exact) mass is 310 g/mol. The van der Waals surface area contributed by atoms with Gasteiger partial charge in [0, 0.05) is 5.02 Å². The van der Waals surface area contributed by atoms with Gasteiger partial charge in [-0.1, -0.05) is 11.6 Å². The van der Waals surface area contributed by atoms with Crippen LogP contribution in [0.25, 0.3) is 0 Å². The number of benzene rings is 1. The Kier molecular flexibility index (Phi) is 6.71. The smallest absolute Gasteiger partial charge is 0.379 e. The van der Waals surface area contributed by atoms with Crippen molar-refractivity contribution < 1.29 is 18.2 Å². The summed E-state index contributed by atoms with van der Waals surface area (Å²) in [6.07, 6.45) is 0. The molecule has 0 bridgehead atoms. The Morgan fingerprint density at radius 2 is 1.72 bits per heavy atom. The maximum absolute atomic E-state index is 12.2. The Balaban J connectivity index is 2.74. The molecule has 0 aliphatic carbocycles. The van der Waals surface area contributed by atoms with Crippen molar-refractivity contribution >= 4 is 30.4 Å². The maximum Gasteiger partial charge on any atom is 0.379 e. The Morgan fingerprint density at radius 1 is 1.22 bits per heavy atom. The van der Waals surface area contributed by atoms with Crippen LogP contribution in [0.3, 0.4) is 0 Å². The Hall–Kier alpha value is -0.0300. The van der Waals surface area contributed by atoms with Gasteiger partial charge in [0.05, 0.1) is 13.2 Å². The van der Waals surface area contributed by atoms with Gasteiger partial charge in [0.25, 0.3) is 0 Å². The molecule has 0 heterocycles. The van der Waals surface area contributed by atoms with E-state index in [4.69, 9.17) is 20.6 Å². The molecule has 7 heteroatoms. The fourth-order valence-corrected chi connectivity index (χ4v) is 5.08. The second kappa shape index (κ2) is 7.53. The van der Waals surface area contributed by atoms with Crippen LogP contribution < -0.4 is 0 Å². The molecular weight excluding hydrogens is 295 g/mol. The van der Waals surface area contributed by atoms with Crippen LogP contribution >= 0.6 is 19.2 Å². The molecule has 0 amide bonds. The number of hydrogen-bond acceptors (Lipinski definition) is 4.